The molecule has 170 valence electrons. The summed E-state index contributed by atoms with van der Waals surface area (Å²) in [6, 6.07) is 17.7. The van der Waals surface area contributed by atoms with Gasteiger partial charge in [0.1, 0.15) is 0 Å². The van der Waals surface area contributed by atoms with Crippen LogP contribution in [0.3, 0.4) is 0 Å². The van der Waals surface area contributed by atoms with Crippen LogP contribution in [0.4, 0.5) is 0 Å². The molecule has 0 bridgehead atoms. The number of hydrogen-bond acceptors (Lipinski definition) is 5. The lowest BCUT2D eigenvalue weighted by molar-refractivity contribution is -0.122. The lowest BCUT2D eigenvalue weighted by Gasteiger charge is -2.44. The molecule has 2 aromatic heterocycles. The van der Waals surface area contributed by atoms with E-state index < -0.39 is 0 Å². The third-order valence-corrected chi connectivity index (χ3v) is 7.71. The quantitative estimate of drug-likeness (QED) is 0.621. The van der Waals surface area contributed by atoms with E-state index in [9.17, 15) is 9.59 Å². The molecule has 1 aliphatic heterocycles. The highest BCUT2D eigenvalue weighted by molar-refractivity contribution is 7.12. The van der Waals surface area contributed by atoms with Crippen molar-refractivity contribution in [2.75, 3.05) is 13.1 Å². The van der Waals surface area contributed by atoms with Gasteiger partial charge in [0.15, 0.2) is 0 Å². The number of piperidine rings is 1. The van der Waals surface area contributed by atoms with Gasteiger partial charge in [-0.15, -0.1) is 11.3 Å². The summed E-state index contributed by atoms with van der Waals surface area (Å²) >= 11 is 1.48. The minimum Gasteiger partial charge on any atom is -0.368 e. The van der Waals surface area contributed by atoms with Crippen molar-refractivity contribution in [3.8, 4) is 0 Å². The van der Waals surface area contributed by atoms with Crippen LogP contribution < -0.4 is 5.32 Å². The molecule has 2 aliphatic rings. The molecule has 2 amide bonds. The summed E-state index contributed by atoms with van der Waals surface area (Å²) in [5.74, 6) is 0.0131. The Bertz CT molecular complexity index is 1120. The Labute approximate surface area is 197 Å². The monoisotopic (exact) mass is 461 g/mol. The Hall–Kier alpha value is -3.03. The number of aromatic nitrogens is 1. The number of pyridine rings is 1. The van der Waals surface area contributed by atoms with E-state index in [0.29, 0.717) is 19.7 Å². The van der Waals surface area contributed by atoms with Gasteiger partial charge in [-0.25, -0.2) is 0 Å². The van der Waals surface area contributed by atoms with Gasteiger partial charge in [-0.1, -0.05) is 36.4 Å². The van der Waals surface area contributed by atoms with Crippen LogP contribution in [0.2, 0.25) is 0 Å². The van der Waals surface area contributed by atoms with Gasteiger partial charge in [-0.2, -0.15) is 0 Å². The molecule has 1 aromatic carbocycles. The van der Waals surface area contributed by atoms with E-state index >= 15 is 0 Å². The Morgan fingerprint density at radius 2 is 1.91 bits per heavy atom. The average Bonchev–Trinajstić information content (AvgIpc) is 3.46. The smallest absolute Gasteiger partial charge is 0.263 e. The highest BCUT2D eigenvalue weighted by Gasteiger charge is 2.54. The van der Waals surface area contributed by atoms with E-state index in [1.807, 2.05) is 46.7 Å². The first-order valence-corrected chi connectivity index (χ1v) is 12.2. The fourth-order valence-corrected chi connectivity index (χ4v) is 6.05. The summed E-state index contributed by atoms with van der Waals surface area (Å²) in [5.41, 5.74) is 2.91. The number of nitrogens with one attached hydrogen (secondary N) is 1. The van der Waals surface area contributed by atoms with Gasteiger partial charge >= 0.3 is 0 Å². The second-order valence-corrected chi connectivity index (χ2v) is 9.69. The first-order chi connectivity index (χ1) is 16.1. The second-order valence-electron chi connectivity index (χ2n) is 8.74. The highest BCUT2D eigenvalue weighted by Crippen LogP contribution is 2.52. The van der Waals surface area contributed by atoms with Gasteiger partial charge in [0.05, 0.1) is 29.3 Å². The van der Waals surface area contributed by atoms with Crippen LogP contribution in [0.1, 0.15) is 52.3 Å². The minimum absolute atomic E-state index is 0.0800. The highest BCUT2D eigenvalue weighted by atomic mass is 32.1. The van der Waals surface area contributed by atoms with Gasteiger partial charge in [-0.3, -0.25) is 14.6 Å². The molecule has 0 unspecified atom stereocenters. The summed E-state index contributed by atoms with van der Waals surface area (Å²) in [6.45, 7) is 3.23. The van der Waals surface area contributed by atoms with Crippen molar-refractivity contribution >= 4 is 23.2 Å². The van der Waals surface area contributed by atoms with Crippen molar-refractivity contribution in [3.05, 3.63) is 87.9 Å². The van der Waals surface area contributed by atoms with Crippen LogP contribution in [-0.2, 0) is 21.6 Å². The number of ether oxygens (including phenoxy) is 1. The van der Waals surface area contributed by atoms with Crippen molar-refractivity contribution < 1.29 is 14.3 Å². The van der Waals surface area contributed by atoms with Gasteiger partial charge in [0, 0.05) is 31.6 Å². The van der Waals surface area contributed by atoms with Crippen molar-refractivity contribution in [3.63, 3.8) is 0 Å². The summed E-state index contributed by atoms with van der Waals surface area (Å²) in [5, 5.41) is 5.08. The zero-order chi connectivity index (χ0) is 22.8. The zero-order valence-electron chi connectivity index (χ0n) is 18.6. The Balaban J connectivity index is 1.45. The number of hydrogen-bond donors (Lipinski definition) is 1. The van der Waals surface area contributed by atoms with Crippen LogP contribution in [0, 0.1) is 0 Å². The van der Waals surface area contributed by atoms with Gasteiger partial charge in [-0.05, 0) is 47.5 Å². The zero-order valence-corrected chi connectivity index (χ0v) is 19.4. The molecule has 1 N–H and O–H groups in total. The maximum absolute atomic E-state index is 13.0. The number of fused-ring (bicyclic) bond motifs is 2. The maximum Gasteiger partial charge on any atom is 0.263 e. The number of benzene rings is 1. The third kappa shape index (κ3) is 4.07. The lowest BCUT2D eigenvalue weighted by atomic mass is 9.71. The van der Waals surface area contributed by atoms with E-state index in [1.54, 1.807) is 13.1 Å². The fourth-order valence-electron chi connectivity index (χ4n) is 5.36. The Morgan fingerprint density at radius 1 is 1.12 bits per heavy atom. The van der Waals surface area contributed by atoms with Crippen molar-refractivity contribution in [2.24, 2.45) is 0 Å². The minimum atomic E-state index is -0.273. The molecule has 3 heterocycles. The predicted octanol–water partition coefficient (Wildman–Crippen LogP) is 4.09. The van der Waals surface area contributed by atoms with Gasteiger partial charge < -0.3 is 15.0 Å². The molecule has 33 heavy (non-hydrogen) atoms. The summed E-state index contributed by atoms with van der Waals surface area (Å²) in [4.78, 5) is 32.2. The summed E-state index contributed by atoms with van der Waals surface area (Å²) in [7, 11) is 0. The average molecular weight is 462 g/mol. The molecule has 7 heteroatoms. The van der Waals surface area contributed by atoms with E-state index in [1.165, 1.54) is 16.9 Å². The maximum atomic E-state index is 13.0. The van der Waals surface area contributed by atoms with Crippen LogP contribution in [0.25, 0.3) is 0 Å². The van der Waals surface area contributed by atoms with Crippen LogP contribution in [0.15, 0.2) is 66.2 Å². The molecule has 0 saturated carbocycles. The number of amides is 2. The molecular formula is C26H27N3O3S. The van der Waals surface area contributed by atoms with E-state index in [0.717, 1.165) is 29.0 Å². The molecular weight excluding hydrogens is 434 g/mol. The molecule has 2 atom stereocenters. The number of nitrogens with zero attached hydrogens (tertiary/aromatic N) is 2. The van der Waals surface area contributed by atoms with Crippen molar-refractivity contribution in [1.29, 1.82) is 0 Å². The third-order valence-electron chi connectivity index (χ3n) is 6.85. The lowest BCUT2D eigenvalue weighted by Crippen LogP contribution is -2.51. The first kappa shape index (κ1) is 21.8. The van der Waals surface area contributed by atoms with Gasteiger partial charge in [0.25, 0.3) is 5.91 Å². The number of carbonyl (C=O) groups excluding carboxylic acids is 2. The molecule has 1 spiro atoms. The number of rotatable bonds is 5. The molecule has 3 aromatic rings. The normalized spacial score (nSPS) is 21.1. The molecule has 1 aliphatic carbocycles. The standard InChI is InChI=1S/C26H27N3O3S/c1-18(30)28-23-20-8-2-3-9-21(20)26(24(23)32-17-19-7-4-5-13-27-19)11-14-29(15-12-26)25(31)22-10-6-16-33-22/h2-10,13,16,23-24H,11-12,14-15,17H2,1H3,(H,28,30)/t23-,24+/m1/s1. The Morgan fingerprint density at radius 3 is 2.61 bits per heavy atom. The van der Waals surface area contributed by atoms with Crippen LogP contribution in [-0.4, -0.2) is 40.9 Å². The molecule has 0 radical (unpaired) electrons. The van der Waals surface area contributed by atoms with Crippen LogP contribution in [0.5, 0.6) is 0 Å². The summed E-state index contributed by atoms with van der Waals surface area (Å²) < 4.78 is 6.57. The largest absolute Gasteiger partial charge is 0.368 e. The first-order valence-electron chi connectivity index (χ1n) is 11.3. The molecule has 1 saturated heterocycles. The number of thiophene rings is 1. The topological polar surface area (TPSA) is 71.5 Å². The second kappa shape index (κ2) is 9.08. The fraction of sp³-hybridized carbons (Fsp3) is 0.346. The van der Waals surface area contributed by atoms with E-state index in [-0.39, 0.29) is 29.4 Å². The van der Waals surface area contributed by atoms with Crippen LogP contribution >= 0.6 is 11.3 Å². The summed E-state index contributed by atoms with van der Waals surface area (Å²) in [6.07, 6.45) is 3.09. The number of carbonyl (C=O) groups is 2. The van der Waals surface area contributed by atoms with Crippen molar-refractivity contribution in [1.82, 2.24) is 15.2 Å². The molecule has 1 fully saturated rings. The Kier molecular flexibility index (Phi) is 6.00. The number of likely N-dealkylation sites (tertiary alicyclic amines) is 1. The SMILES string of the molecule is CC(=O)N[C@@H]1c2ccccc2C2(CCN(C(=O)c3cccs3)CC2)[C@H]1OCc1ccccn1. The van der Waals surface area contributed by atoms with E-state index in [2.05, 4.69) is 28.5 Å². The van der Waals surface area contributed by atoms with E-state index in [4.69, 9.17) is 4.74 Å². The molecule has 5 rings (SSSR count). The van der Waals surface area contributed by atoms with Gasteiger partial charge in [0.2, 0.25) is 5.91 Å². The predicted molar refractivity (Wildman–Crippen MR) is 127 cm³/mol. The molecule has 6 nitrogen and oxygen atoms in total. The van der Waals surface area contributed by atoms with Crippen molar-refractivity contribution in [2.45, 2.75) is 43.9 Å².